The number of nitrogens with one attached hydrogen (secondary N) is 1. The summed E-state index contributed by atoms with van der Waals surface area (Å²) in [5.74, 6) is 2.89. The molecule has 1 heteroatoms. The zero-order chi connectivity index (χ0) is 13.1. The van der Waals surface area contributed by atoms with Crippen LogP contribution in [0.2, 0.25) is 0 Å². The van der Waals surface area contributed by atoms with E-state index in [1.165, 1.54) is 19.3 Å². The second kappa shape index (κ2) is 5.44. The van der Waals surface area contributed by atoms with Gasteiger partial charge in [-0.05, 0) is 36.5 Å². The highest BCUT2D eigenvalue weighted by atomic mass is 15.0. The quantitative estimate of drug-likeness (QED) is 0.727. The fourth-order valence-corrected chi connectivity index (χ4v) is 3.75. The standard InChI is InChI=1S/C16H29N/c1-7-9-13(8-2)17-14-10-15(3,4)12-16(5,6)11-14/h2,13-14,17H,7,9-12H2,1,3-6H3. The molecule has 1 rings (SSSR count). The Morgan fingerprint density at radius 3 is 2.18 bits per heavy atom. The maximum absolute atomic E-state index is 5.60. The van der Waals surface area contributed by atoms with E-state index in [1.807, 2.05) is 0 Å². The first-order valence-electron chi connectivity index (χ1n) is 7.00. The van der Waals surface area contributed by atoms with E-state index < -0.39 is 0 Å². The Labute approximate surface area is 108 Å². The second-order valence-corrected chi connectivity index (χ2v) is 7.28. The van der Waals surface area contributed by atoms with Crippen LogP contribution < -0.4 is 5.32 Å². The molecule has 0 radical (unpaired) electrons. The van der Waals surface area contributed by atoms with E-state index in [1.54, 1.807) is 0 Å². The number of hydrogen-bond acceptors (Lipinski definition) is 1. The molecule has 0 spiro atoms. The van der Waals surface area contributed by atoms with Crippen molar-refractivity contribution in [3.63, 3.8) is 0 Å². The topological polar surface area (TPSA) is 12.0 Å². The largest absolute Gasteiger partial charge is 0.301 e. The number of rotatable bonds is 4. The lowest BCUT2D eigenvalue weighted by Gasteiger charge is -2.45. The molecule has 1 aliphatic carbocycles. The van der Waals surface area contributed by atoms with Gasteiger partial charge in [0, 0.05) is 6.04 Å². The van der Waals surface area contributed by atoms with Crippen molar-refractivity contribution in [3.8, 4) is 12.3 Å². The third-order valence-electron chi connectivity index (χ3n) is 3.77. The van der Waals surface area contributed by atoms with Gasteiger partial charge in [0.25, 0.3) is 0 Å². The van der Waals surface area contributed by atoms with Crippen LogP contribution in [0.4, 0.5) is 0 Å². The maximum atomic E-state index is 5.60. The fourth-order valence-electron chi connectivity index (χ4n) is 3.75. The molecule has 0 bridgehead atoms. The van der Waals surface area contributed by atoms with Crippen molar-refractivity contribution >= 4 is 0 Å². The Morgan fingerprint density at radius 2 is 1.76 bits per heavy atom. The average molecular weight is 235 g/mol. The fraction of sp³-hybridized carbons (Fsp3) is 0.875. The summed E-state index contributed by atoms with van der Waals surface area (Å²) in [6.07, 6.45) is 11.7. The molecule has 1 fully saturated rings. The monoisotopic (exact) mass is 235 g/mol. The molecule has 1 saturated carbocycles. The first kappa shape index (κ1) is 14.6. The van der Waals surface area contributed by atoms with Crippen molar-refractivity contribution in [2.24, 2.45) is 10.8 Å². The molecule has 17 heavy (non-hydrogen) atoms. The molecule has 1 unspecified atom stereocenters. The van der Waals surface area contributed by atoms with Crippen LogP contribution in [-0.4, -0.2) is 12.1 Å². The van der Waals surface area contributed by atoms with E-state index in [2.05, 4.69) is 45.9 Å². The Kier molecular flexibility index (Phi) is 4.67. The van der Waals surface area contributed by atoms with Gasteiger partial charge in [0.2, 0.25) is 0 Å². The summed E-state index contributed by atoms with van der Waals surface area (Å²) in [5.41, 5.74) is 0.871. The van der Waals surface area contributed by atoms with Crippen LogP contribution in [0.3, 0.4) is 0 Å². The predicted octanol–water partition coefficient (Wildman–Crippen LogP) is 3.98. The van der Waals surface area contributed by atoms with Gasteiger partial charge in [0.1, 0.15) is 0 Å². The van der Waals surface area contributed by atoms with E-state index in [4.69, 9.17) is 6.42 Å². The molecule has 98 valence electrons. The summed E-state index contributed by atoms with van der Waals surface area (Å²) in [4.78, 5) is 0. The van der Waals surface area contributed by atoms with Crippen molar-refractivity contribution in [1.82, 2.24) is 5.32 Å². The van der Waals surface area contributed by atoms with E-state index in [0.717, 1.165) is 12.8 Å². The van der Waals surface area contributed by atoms with Crippen LogP contribution in [0.15, 0.2) is 0 Å². The van der Waals surface area contributed by atoms with Gasteiger partial charge in [0.15, 0.2) is 0 Å². The first-order chi connectivity index (χ1) is 7.78. The molecule has 0 aliphatic heterocycles. The van der Waals surface area contributed by atoms with Crippen LogP contribution in [0, 0.1) is 23.2 Å². The predicted molar refractivity (Wildman–Crippen MR) is 75.9 cm³/mol. The molecular weight excluding hydrogens is 206 g/mol. The van der Waals surface area contributed by atoms with E-state index in [0.29, 0.717) is 16.9 Å². The highest BCUT2D eigenvalue weighted by Gasteiger charge is 2.38. The SMILES string of the molecule is C#CC(CCC)NC1CC(C)(C)CC(C)(C)C1. The van der Waals surface area contributed by atoms with Crippen molar-refractivity contribution < 1.29 is 0 Å². The van der Waals surface area contributed by atoms with E-state index in [9.17, 15) is 0 Å². The van der Waals surface area contributed by atoms with Gasteiger partial charge < -0.3 is 5.32 Å². The van der Waals surface area contributed by atoms with Gasteiger partial charge in [-0.1, -0.05) is 47.0 Å². The van der Waals surface area contributed by atoms with Gasteiger partial charge in [-0.3, -0.25) is 0 Å². The zero-order valence-electron chi connectivity index (χ0n) is 12.3. The summed E-state index contributed by atoms with van der Waals surface area (Å²) in [6.45, 7) is 11.7. The molecule has 1 nitrogen and oxygen atoms in total. The summed E-state index contributed by atoms with van der Waals surface area (Å²) in [7, 11) is 0. The highest BCUT2D eigenvalue weighted by Crippen LogP contribution is 2.45. The van der Waals surface area contributed by atoms with Gasteiger partial charge in [-0.15, -0.1) is 6.42 Å². The van der Waals surface area contributed by atoms with Crippen LogP contribution in [0.5, 0.6) is 0 Å². The lowest BCUT2D eigenvalue weighted by molar-refractivity contribution is 0.0824. The van der Waals surface area contributed by atoms with Crippen molar-refractivity contribution in [2.75, 3.05) is 0 Å². The van der Waals surface area contributed by atoms with Gasteiger partial charge in [-0.25, -0.2) is 0 Å². The maximum Gasteiger partial charge on any atom is 0.0688 e. The summed E-state index contributed by atoms with van der Waals surface area (Å²) in [6, 6.07) is 0.844. The lowest BCUT2D eigenvalue weighted by Crippen LogP contribution is -2.47. The number of hydrogen-bond donors (Lipinski definition) is 1. The minimum Gasteiger partial charge on any atom is -0.301 e. The van der Waals surface area contributed by atoms with Crippen molar-refractivity contribution in [2.45, 2.75) is 78.8 Å². The third kappa shape index (κ3) is 4.72. The van der Waals surface area contributed by atoms with Crippen LogP contribution in [0.25, 0.3) is 0 Å². The molecule has 1 atom stereocenters. The first-order valence-corrected chi connectivity index (χ1v) is 7.00. The zero-order valence-corrected chi connectivity index (χ0v) is 12.3. The normalized spacial score (nSPS) is 25.2. The van der Waals surface area contributed by atoms with Crippen LogP contribution >= 0.6 is 0 Å². The molecule has 0 aromatic carbocycles. The molecule has 0 aromatic rings. The minimum absolute atomic E-state index is 0.259. The summed E-state index contributed by atoms with van der Waals surface area (Å²) < 4.78 is 0. The Hall–Kier alpha value is -0.480. The molecule has 1 aliphatic rings. The van der Waals surface area contributed by atoms with Gasteiger partial charge >= 0.3 is 0 Å². The van der Waals surface area contributed by atoms with Crippen molar-refractivity contribution in [3.05, 3.63) is 0 Å². The van der Waals surface area contributed by atoms with E-state index in [-0.39, 0.29) is 6.04 Å². The highest BCUT2D eigenvalue weighted by molar-refractivity contribution is 5.02. The molecule has 0 heterocycles. The van der Waals surface area contributed by atoms with Crippen molar-refractivity contribution in [1.29, 1.82) is 0 Å². The Balaban J connectivity index is 2.62. The number of terminal acetylenes is 1. The van der Waals surface area contributed by atoms with Crippen LogP contribution in [-0.2, 0) is 0 Å². The molecular formula is C16H29N. The molecule has 0 aromatic heterocycles. The Morgan fingerprint density at radius 1 is 1.24 bits per heavy atom. The minimum atomic E-state index is 0.259. The molecule has 0 saturated heterocycles. The molecule has 1 N–H and O–H groups in total. The summed E-state index contributed by atoms with van der Waals surface area (Å²) in [5, 5.41) is 3.68. The molecule has 0 amide bonds. The lowest BCUT2D eigenvalue weighted by atomic mass is 9.63. The third-order valence-corrected chi connectivity index (χ3v) is 3.77. The second-order valence-electron chi connectivity index (χ2n) is 7.28. The van der Waals surface area contributed by atoms with Gasteiger partial charge in [-0.2, -0.15) is 0 Å². The summed E-state index contributed by atoms with van der Waals surface area (Å²) >= 11 is 0. The van der Waals surface area contributed by atoms with Crippen LogP contribution in [0.1, 0.15) is 66.7 Å². The smallest absolute Gasteiger partial charge is 0.0688 e. The Bertz CT molecular complexity index is 266. The average Bonchev–Trinajstić information content (AvgIpc) is 2.11. The van der Waals surface area contributed by atoms with Gasteiger partial charge in [0.05, 0.1) is 6.04 Å². The van der Waals surface area contributed by atoms with E-state index >= 15 is 0 Å².